The third-order valence-electron chi connectivity index (χ3n) is 4.04. The highest BCUT2D eigenvalue weighted by atomic mass is 79.9. The van der Waals surface area contributed by atoms with E-state index < -0.39 is 5.97 Å². The molecular weight excluding hydrogens is 328 g/mol. The van der Waals surface area contributed by atoms with Gasteiger partial charge in [-0.2, -0.15) is 0 Å². The molecule has 0 aliphatic heterocycles. The maximum absolute atomic E-state index is 10.5. The van der Waals surface area contributed by atoms with E-state index in [9.17, 15) is 4.79 Å². The Hall–Kier alpha value is -0.0500. The lowest BCUT2D eigenvalue weighted by atomic mass is 10.0. The van der Waals surface area contributed by atoms with Gasteiger partial charge in [0.05, 0.1) is 0 Å². The Morgan fingerprint density at radius 1 is 0.810 bits per heavy atom. The van der Waals surface area contributed by atoms with Crippen molar-refractivity contribution in [1.82, 2.24) is 0 Å². The maximum Gasteiger partial charge on any atom is 0.303 e. The Labute approximate surface area is 140 Å². The summed E-state index contributed by atoms with van der Waals surface area (Å²) in [5.41, 5.74) is 0. The van der Waals surface area contributed by atoms with E-state index in [4.69, 9.17) is 5.11 Å². The SMILES string of the molecule is CCCCCCCCCCCCCCC(Br)CCC(=O)O. The van der Waals surface area contributed by atoms with Gasteiger partial charge in [0, 0.05) is 11.2 Å². The van der Waals surface area contributed by atoms with Crippen LogP contribution in [0.3, 0.4) is 0 Å². The number of alkyl halides is 1. The standard InChI is InChI=1S/C18H35BrO2/c1-2-3-4-5-6-7-8-9-10-11-12-13-14-17(19)15-16-18(20)21/h17H,2-16H2,1H3,(H,20,21). The second kappa shape index (κ2) is 16.3. The number of carboxylic acids is 1. The zero-order valence-corrected chi connectivity index (χ0v) is 15.5. The maximum atomic E-state index is 10.5. The molecule has 1 atom stereocenters. The van der Waals surface area contributed by atoms with Gasteiger partial charge in [-0.1, -0.05) is 99.9 Å². The van der Waals surface area contributed by atoms with Gasteiger partial charge in [0.15, 0.2) is 0 Å². The molecule has 1 N–H and O–H groups in total. The number of rotatable bonds is 16. The number of hydrogen-bond donors (Lipinski definition) is 1. The minimum atomic E-state index is -0.686. The summed E-state index contributed by atoms with van der Waals surface area (Å²) in [4.78, 5) is 10.8. The molecule has 0 spiro atoms. The summed E-state index contributed by atoms with van der Waals surface area (Å²) >= 11 is 3.57. The zero-order valence-electron chi connectivity index (χ0n) is 13.9. The van der Waals surface area contributed by atoms with Gasteiger partial charge in [-0.25, -0.2) is 0 Å². The van der Waals surface area contributed by atoms with Gasteiger partial charge < -0.3 is 5.11 Å². The molecule has 0 aromatic carbocycles. The molecule has 0 bridgehead atoms. The molecule has 21 heavy (non-hydrogen) atoms. The Balaban J connectivity index is 3.10. The molecule has 0 rings (SSSR count). The normalized spacial score (nSPS) is 12.5. The third kappa shape index (κ3) is 17.9. The van der Waals surface area contributed by atoms with Crippen molar-refractivity contribution in [3.8, 4) is 0 Å². The molecule has 0 amide bonds. The molecule has 0 aliphatic rings. The average molecular weight is 363 g/mol. The summed E-state index contributed by atoms with van der Waals surface area (Å²) in [6.07, 6.45) is 18.6. The van der Waals surface area contributed by atoms with E-state index in [0.717, 1.165) is 12.8 Å². The molecule has 0 fully saturated rings. The van der Waals surface area contributed by atoms with Crippen molar-refractivity contribution >= 4 is 21.9 Å². The van der Waals surface area contributed by atoms with Crippen LogP contribution >= 0.6 is 15.9 Å². The number of carbonyl (C=O) groups is 1. The van der Waals surface area contributed by atoms with Gasteiger partial charge in [0.2, 0.25) is 0 Å². The number of unbranched alkanes of at least 4 members (excludes halogenated alkanes) is 11. The van der Waals surface area contributed by atoms with Gasteiger partial charge in [-0.3, -0.25) is 4.79 Å². The summed E-state index contributed by atoms with van der Waals surface area (Å²) in [6.45, 7) is 2.27. The van der Waals surface area contributed by atoms with E-state index in [0.29, 0.717) is 4.83 Å². The Kier molecular flexibility index (Phi) is 16.3. The van der Waals surface area contributed by atoms with E-state index >= 15 is 0 Å². The van der Waals surface area contributed by atoms with Crippen LogP contribution in [0.2, 0.25) is 0 Å². The predicted octanol–water partition coefficient (Wildman–Crippen LogP) is 6.71. The van der Waals surface area contributed by atoms with Crippen molar-refractivity contribution < 1.29 is 9.90 Å². The number of aliphatic carboxylic acids is 1. The van der Waals surface area contributed by atoms with E-state index in [1.807, 2.05) is 0 Å². The molecule has 0 radical (unpaired) electrons. The third-order valence-corrected chi connectivity index (χ3v) is 4.96. The lowest BCUT2D eigenvalue weighted by Crippen LogP contribution is -2.03. The second-order valence-corrected chi connectivity index (χ2v) is 7.50. The lowest BCUT2D eigenvalue weighted by Gasteiger charge is -2.07. The highest BCUT2D eigenvalue weighted by Crippen LogP contribution is 2.18. The van der Waals surface area contributed by atoms with E-state index in [1.165, 1.54) is 77.0 Å². The number of halogens is 1. The van der Waals surface area contributed by atoms with Crippen LogP contribution in [0, 0.1) is 0 Å². The molecule has 3 heteroatoms. The van der Waals surface area contributed by atoms with Gasteiger partial charge in [-0.15, -0.1) is 0 Å². The van der Waals surface area contributed by atoms with Gasteiger partial charge >= 0.3 is 5.97 Å². The van der Waals surface area contributed by atoms with E-state index in [1.54, 1.807) is 0 Å². The van der Waals surface area contributed by atoms with Crippen LogP contribution in [-0.4, -0.2) is 15.9 Å². The predicted molar refractivity (Wildman–Crippen MR) is 95.3 cm³/mol. The van der Waals surface area contributed by atoms with Crippen LogP contribution in [0.4, 0.5) is 0 Å². The van der Waals surface area contributed by atoms with Crippen molar-refractivity contribution in [2.75, 3.05) is 0 Å². The smallest absolute Gasteiger partial charge is 0.303 e. The number of hydrogen-bond acceptors (Lipinski definition) is 1. The summed E-state index contributed by atoms with van der Waals surface area (Å²) in [6, 6.07) is 0. The van der Waals surface area contributed by atoms with Gasteiger partial charge in [0.25, 0.3) is 0 Å². The fraction of sp³-hybridized carbons (Fsp3) is 0.944. The molecule has 0 aromatic rings. The molecule has 126 valence electrons. The summed E-state index contributed by atoms with van der Waals surface area (Å²) in [7, 11) is 0. The first-order chi connectivity index (χ1) is 10.2. The van der Waals surface area contributed by atoms with Gasteiger partial charge in [0.1, 0.15) is 0 Å². The largest absolute Gasteiger partial charge is 0.481 e. The zero-order chi connectivity index (χ0) is 15.8. The Morgan fingerprint density at radius 2 is 1.24 bits per heavy atom. The first-order valence-electron chi connectivity index (χ1n) is 9.02. The van der Waals surface area contributed by atoms with Gasteiger partial charge in [-0.05, 0) is 12.8 Å². The van der Waals surface area contributed by atoms with E-state index in [2.05, 4.69) is 22.9 Å². The molecular formula is C18H35BrO2. The van der Waals surface area contributed by atoms with Crippen molar-refractivity contribution in [1.29, 1.82) is 0 Å². The Bertz CT molecular complexity index is 231. The van der Waals surface area contributed by atoms with Crippen molar-refractivity contribution in [3.05, 3.63) is 0 Å². The van der Waals surface area contributed by atoms with Crippen molar-refractivity contribution in [2.45, 2.75) is 108 Å². The fourth-order valence-electron chi connectivity index (χ4n) is 2.63. The highest BCUT2D eigenvalue weighted by Gasteiger charge is 2.06. The molecule has 2 nitrogen and oxygen atoms in total. The van der Waals surface area contributed by atoms with E-state index in [-0.39, 0.29) is 6.42 Å². The molecule has 0 aromatic heterocycles. The topological polar surface area (TPSA) is 37.3 Å². The first-order valence-corrected chi connectivity index (χ1v) is 9.94. The van der Waals surface area contributed by atoms with Crippen LogP contribution in [-0.2, 0) is 4.79 Å². The highest BCUT2D eigenvalue weighted by molar-refractivity contribution is 9.09. The van der Waals surface area contributed by atoms with Crippen LogP contribution in [0.15, 0.2) is 0 Å². The minimum absolute atomic E-state index is 0.286. The Morgan fingerprint density at radius 3 is 1.67 bits per heavy atom. The molecule has 0 saturated heterocycles. The van der Waals surface area contributed by atoms with Crippen LogP contribution in [0.25, 0.3) is 0 Å². The second-order valence-electron chi connectivity index (χ2n) is 6.21. The fourth-order valence-corrected chi connectivity index (χ4v) is 3.18. The summed E-state index contributed by atoms with van der Waals surface area (Å²) < 4.78 is 0. The quantitative estimate of drug-likeness (QED) is 0.244. The van der Waals surface area contributed by atoms with Crippen LogP contribution < -0.4 is 0 Å². The van der Waals surface area contributed by atoms with Crippen LogP contribution in [0.5, 0.6) is 0 Å². The molecule has 0 saturated carbocycles. The summed E-state index contributed by atoms with van der Waals surface area (Å²) in [5, 5.41) is 8.61. The monoisotopic (exact) mass is 362 g/mol. The minimum Gasteiger partial charge on any atom is -0.481 e. The molecule has 1 unspecified atom stereocenters. The summed E-state index contributed by atoms with van der Waals surface area (Å²) in [5.74, 6) is -0.686. The van der Waals surface area contributed by atoms with Crippen molar-refractivity contribution in [2.24, 2.45) is 0 Å². The molecule has 0 aliphatic carbocycles. The van der Waals surface area contributed by atoms with Crippen molar-refractivity contribution in [3.63, 3.8) is 0 Å². The van der Waals surface area contributed by atoms with Crippen LogP contribution in [0.1, 0.15) is 103 Å². The average Bonchev–Trinajstić information content (AvgIpc) is 2.46. The lowest BCUT2D eigenvalue weighted by molar-refractivity contribution is -0.137. The molecule has 0 heterocycles. The number of carboxylic acid groups (broad SMARTS) is 1. The first kappa shape index (κ1) is 20.9.